The van der Waals surface area contributed by atoms with Crippen LogP contribution in [-0.4, -0.2) is 16.1 Å². The van der Waals surface area contributed by atoms with E-state index in [0.29, 0.717) is 6.04 Å². The van der Waals surface area contributed by atoms with E-state index in [9.17, 15) is 0 Å². The van der Waals surface area contributed by atoms with Crippen LogP contribution in [-0.2, 0) is 12.8 Å². The Hall–Kier alpha value is -1.26. The highest BCUT2D eigenvalue weighted by atomic mass is 32.1. The van der Waals surface area contributed by atoms with Gasteiger partial charge in [0.25, 0.3) is 0 Å². The maximum atomic E-state index is 4.28. The minimum absolute atomic E-state index is 0.328. The lowest BCUT2D eigenvalue weighted by molar-refractivity contribution is 0.552. The van der Waals surface area contributed by atoms with Gasteiger partial charge in [0.15, 0.2) is 0 Å². The van der Waals surface area contributed by atoms with Crippen molar-refractivity contribution in [3.05, 3.63) is 46.5 Å². The molecule has 0 bridgehead atoms. The van der Waals surface area contributed by atoms with Gasteiger partial charge in [-0.3, -0.25) is 0 Å². The Morgan fingerprint density at radius 1 is 1.21 bits per heavy atom. The zero-order valence-corrected chi connectivity index (χ0v) is 12.4. The van der Waals surface area contributed by atoms with Gasteiger partial charge in [-0.15, -0.1) is 5.10 Å². The van der Waals surface area contributed by atoms with Crippen LogP contribution in [0.25, 0.3) is 0 Å². The SMILES string of the molecule is CCCc1nnsc1C(Cc1ccccc1)NCC. The molecule has 0 amide bonds. The maximum absolute atomic E-state index is 4.28. The van der Waals surface area contributed by atoms with Crippen LogP contribution in [0.1, 0.15) is 42.4 Å². The Balaban J connectivity index is 2.17. The third-order valence-corrected chi connectivity index (χ3v) is 4.00. The van der Waals surface area contributed by atoms with Crippen molar-refractivity contribution in [3.63, 3.8) is 0 Å². The third-order valence-electron chi connectivity index (χ3n) is 3.12. The second-order valence-corrected chi connectivity index (χ2v) is 5.42. The number of aromatic nitrogens is 2. The Morgan fingerprint density at radius 2 is 2.00 bits per heavy atom. The molecule has 0 fully saturated rings. The summed E-state index contributed by atoms with van der Waals surface area (Å²) in [7, 11) is 0. The topological polar surface area (TPSA) is 37.8 Å². The smallest absolute Gasteiger partial charge is 0.0803 e. The first-order valence-corrected chi connectivity index (χ1v) is 7.70. The second-order valence-electron chi connectivity index (χ2n) is 4.63. The van der Waals surface area contributed by atoms with Gasteiger partial charge >= 0.3 is 0 Å². The summed E-state index contributed by atoms with van der Waals surface area (Å²) in [4.78, 5) is 1.30. The minimum atomic E-state index is 0.328. The number of hydrogen-bond acceptors (Lipinski definition) is 4. The summed E-state index contributed by atoms with van der Waals surface area (Å²) in [5.41, 5.74) is 2.51. The molecule has 1 N–H and O–H groups in total. The van der Waals surface area contributed by atoms with Gasteiger partial charge in [0.2, 0.25) is 0 Å². The molecule has 0 radical (unpaired) electrons. The van der Waals surface area contributed by atoms with Crippen LogP contribution < -0.4 is 5.32 Å². The van der Waals surface area contributed by atoms with Gasteiger partial charge in [-0.1, -0.05) is 55.1 Å². The van der Waals surface area contributed by atoms with Crippen LogP contribution in [0.5, 0.6) is 0 Å². The lowest BCUT2D eigenvalue weighted by Gasteiger charge is -2.17. The Labute approximate surface area is 119 Å². The summed E-state index contributed by atoms with van der Waals surface area (Å²) in [5, 5.41) is 7.84. The van der Waals surface area contributed by atoms with E-state index < -0.39 is 0 Å². The molecule has 0 spiro atoms. The van der Waals surface area contributed by atoms with Gasteiger partial charge in [-0.25, -0.2) is 0 Å². The Morgan fingerprint density at radius 3 is 2.68 bits per heavy atom. The van der Waals surface area contributed by atoms with Crippen LogP contribution in [0.3, 0.4) is 0 Å². The zero-order chi connectivity index (χ0) is 13.5. The summed E-state index contributed by atoms with van der Waals surface area (Å²) >= 11 is 1.53. The van der Waals surface area contributed by atoms with Crippen LogP contribution >= 0.6 is 11.5 Å². The lowest BCUT2D eigenvalue weighted by Crippen LogP contribution is -2.23. The highest BCUT2D eigenvalue weighted by Gasteiger charge is 2.18. The summed E-state index contributed by atoms with van der Waals surface area (Å²) in [6, 6.07) is 10.9. The average molecular weight is 275 g/mol. The summed E-state index contributed by atoms with van der Waals surface area (Å²) in [5.74, 6) is 0. The fraction of sp³-hybridized carbons (Fsp3) is 0.467. The van der Waals surface area contributed by atoms with Gasteiger partial charge in [-0.2, -0.15) is 0 Å². The van der Waals surface area contributed by atoms with Crippen molar-refractivity contribution < 1.29 is 0 Å². The molecular weight excluding hydrogens is 254 g/mol. The standard InChI is InChI=1S/C15H21N3S/c1-3-8-13-15(19-18-17-13)14(16-4-2)11-12-9-6-5-7-10-12/h5-7,9-10,14,16H,3-4,8,11H2,1-2H3. The predicted molar refractivity (Wildman–Crippen MR) is 80.5 cm³/mol. The molecule has 1 aromatic heterocycles. The van der Waals surface area contributed by atoms with Crippen molar-refractivity contribution in [2.45, 2.75) is 39.2 Å². The van der Waals surface area contributed by atoms with Crippen molar-refractivity contribution in [1.82, 2.24) is 14.9 Å². The first kappa shape index (κ1) is 14.2. The summed E-state index contributed by atoms with van der Waals surface area (Å²) in [6.45, 7) is 5.29. The molecule has 19 heavy (non-hydrogen) atoms. The van der Waals surface area contributed by atoms with Gasteiger partial charge in [-0.05, 0) is 36.5 Å². The van der Waals surface area contributed by atoms with E-state index in [1.54, 1.807) is 0 Å². The van der Waals surface area contributed by atoms with Crippen LogP contribution in [0.2, 0.25) is 0 Å². The molecule has 1 unspecified atom stereocenters. The quantitative estimate of drug-likeness (QED) is 0.841. The monoisotopic (exact) mass is 275 g/mol. The van der Waals surface area contributed by atoms with Crippen molar-refractivity contribution in [2.75, 3.05) is 6.54 Å². The van der Waals surface area contributed by atoms with E-state index in [-0.39, 0.29) is 0 Å². The highest BCUT2D eigenvalue weighted by molar-refractivity contribution is 7.05. The molecular formula is C15H21N3S. The van der Waals surface area contributed by atoms with Crippen molar-refractivity contribution in [3.8, 4) is 0 Å². The van der Waals surface area contributed by atoms with Gasteiger partial charge in [0.1, 0.15) is 0 Å². The highest BCUT2D eigenvalue weighted by Crippen LogP contribution is 2.25. The molecule has 0 aliphatic rings. The van der Waals surface area contributed by atoms with E-state index in [4.69, 9.17) is 0 Å². The van der Waals surface area contributed by atoms with Crippen LogP contribution in [0.4, 0.5) is 0 Å². The van der Waals surface area contributed by atoms with Crippen molar-refractivity contribution >= 4 is 11.5 Å². The molecule has 0 saturated heterocycles. The molecule has 0 aliphatic carbocycles. The minimum Gasteiger partial charge on any atom is -0.309 e. The first-order chi connectivity index (χ1) is 9.35. The number of nitrogens with zero attached hydrogens (tertiary/aromatic N) is 2. The number of benzene rings is 1. The molecule has 0 aliphatic heterocycles. The Bertz CT molecular complexity index is 481. The lowest BCUT2D eigenvalue weighted by atomic mass is 10.0. The predicted octanol–water partition coefficient (Wildman–Crippen LogP) is 3.38. The van der Waals surface area contributed by atoms with Gasteiger partial charge < -0.3 is 5.32 Å². The maximum Gasteiger partial charge on any atom is 0.0803 e. The third kappa shape index (κ3) is 3.85. The molecule has 102 valence electrons. The average Bonchev–Trinajstić information content (AvgIpc) is 2.88. The first-order valence-electron chi connectivity index (χ1n) is 6.93. The van der Waals surface area contributed by atoms with Gasteiger partial charge in [0, 0.05) is 6.04 Å². The van der Waals surface area contributed by atoms with Crippen molar-refractivity contribution in [2.24, 2.45) is 0 Å². The summed E-state index contributed by atoms with van der Waals surface area (Å²) in [6.07, 6.45) is 3.13. The number of likely N-dealkylation sites (N-methyl/N-ethyl adjacent to an activating group) is 1. The largest absolute Gasteiger partial charge is 0.309 e. The second kappa shape index (κ2) is 7.36. The Kier molecular flexibility index (Phi) is 5.48. The van der Waals surface area contributed by atoms with E-state index in [1.807, 2.05) is 0 Å². The van der Waals surface area contributed by atoms with E-state index in [2.05, 4.69) is 59.1 Å². The molecule has 3 nitrogen and oxygen atoms in total. The molecule has 2 rings (SSSR count). The van der Waals surface area contributed by atoms with E-state index >= 15 is 0 Å². The number of aryl methyl sites for hydroxylation is 1. The fourth-order valence-electron chi connectivity index (χ4n) is 2.24. The van der Waals surface area contributed by atoms with E-state index in [1.165, 1.54) is 22.0 Å². The molecule has 1 heterocycles. The normalized spacial score (nSPS) is 12.5. The molecule has 4 heteroatoms. The summed E-state index contributed by atoms with van der Waals surface area (Å²) < 4.78 is 4.14. The number of hydrogen-bond donors (Lipinski definition) is 1. The number of nitrogens with one attached hydrogen (secondary N) is 1. The van der Waals surface area contributed by atoms with Crippen LogP contribution in [0, 0.1) is 0 Å². The number of rotatable bonds is 7. The molecule has 1 atom stereocenters. The zero-order valence-electron chi connectivity index (χ0n) is 11.6. The van der Waals surface area contributed by atoms with E-state index in [0.717, 1.165) is 31.5 Å². The van der Waals surface area contributed by atoms with Crippen molar-refractivity contribution in [1.29, 1.82) is 0 Å². The molecule has 2 aromatic rings. The fourth-order valence-corrected chi connectivity index (χ4v) is 3.01. The van der Waals surface area contributed by atoms with Crippen LogP contribution in [0.15, 0.2) is 30.3 Å². The van der Waals surface area contributed by atoms with Gasteiger partial charge in [0.05, 0.1) is 10.6 Å². The molecule has 1 aromatic carbocycles. The molecule has 0 saturated carbocycles.